The first-order valence-corrected chi connectivity index (χ1v) is 6.54. The number of rotatable bonds is 5. The number of nitrogens with two attached hydrogens (primary N) is 1. The fraction of sp³-hybridized carbons (Fsp3) is 0.538. The molecule has 1 unspecified atom stereocenters. The Bertz CT molecular complexity index is 337. The lowest BCUT2D eigenvalue weighted by atomic mass is 9.96. The highest BCUT2D eigenvalue weighted by molar-refractivity contribution is 9.10. The van der Waals surface area contributed by atoms with E-state index in [4.69, 9.17) is 5.73 Å². The van der Waals surface area contributed by atoms with Crippen LogP contribution in [0.1, 0.15) is 19.4 Å². The van der Waals surface area contributed by atoms with E-state index in [1.165, 1.54) is 5.56 Å². The predicted molar refractivity (Wildman–Crippen MR) is 74.8 cm³/mol. The zero-order chi connectivity index (χ0) is 12.1. The molecule has 0 radical (unpaired) electrons. The zero-order valence-electron chi connectivity index (χ0n) is 10.3. The number of hydrogen-bond donors (Lipinski definition) is 2. The van der Waals surface area contributed by atoms with Gasteiger partial charge in [-0.3, -0.25) is 0 Å². The lowest BCUT2D eigenvalue weighted by Gasteiger charge is -2.20. The molecule has 16 heavy (non-hydrogen) atoms. The van der Waals surface area contributed by atoms with Gasteiger partial charge in [0.25, 0.3) is 0 Å². The van der Waals surface area contributed by atoms with Crippen LogP contribution < -0.4 is 11.1 Å². The molecular weight excluding hydrogens is 264 g/mol. The molecule has 0 aliphatic rings. The first kappa shape index (κ1) is 13.5. The maximum absolute atomic E-state index is 5.74. The van der Waals surface area contributed by atoms with Crippen molar-refractivity contribution in [3.8, 4) is 0 Å². The van der Waals surface area contributed by atoms with E-state index in [0.717, 1.165) is 23.2 Å². The maximum Gasteiger partial charge on any atom is 0.0351 e. The van der Waals surface area contributed by atoms with E-state index in [-0.39, 0.29) is 0 Å². The van der Waals surface area contributed by atoms with Crippen molar-refractivity contribution in [2.45, 2.75) is 20.8 Å². The van der Waals surface area contributed by atoms with E-state index < -0.39 is 0 Å². The van der Waals surface area contributed by atoms with E-state index in [9.17, 15) is 0 Å². The summed E-state index contributed by atoms with van der Waals surface area (Å²) < 4.78 is 1.14. The molecule has 1 atom stereocenters. The Morgan fingerprint density at radius 2 is 2.06 bits per heavy atom. The van der Waals surface area contributed by atoms with Crippen molar-refractivity contribution in [2.75, 3.05) is 18.4 Å². The van der Waals surface area contributed by atoms with Gasteiger partial charge in [-0.05, 0) is 43.0 Å². The topological polar surface area (TPSA) is 38.0 Å². The number of anilines is 1. The first-order valence-electron chi connectivity index (χ1n) is 5.74. The molecule has 90 valence electrons. The van der Waals surface area contributed by atoms with Crippen molar-refractivity contribution in [3.63, 3.8) is 0 Å². The Morgan fingerprint density at radius 3 is 2.56 bits per heavy atom. The highest BCUT2D eigenvalue weighted by Gasteiger charge is 2.10. The molecule has 0 spiro atoms. The highest BCUT2D eigenvalue weighted by atomic mass is 79.9. The molecule has 0 bridgehead atoms. The molecule has 0 amide bonds. The summed E-state index contributed by atoms with van der Waals surface area (Å²) in [7, 11) is 0. The number of aryl methyl sites for hydroxylation is 1. The fourth-order valence-corrected chi connectivity index (χ4v) is 1.92. The molecule has 0 saturated carbocycles. The third-order valence-corrected chi connectivity index (χ3v) is 3.84. The van der Waals surface area contributed by atoms with E-state index in [2.05, 4.69) is 60.2 Å². The Labute approximate surface area is 107 Å². The highest BCUT2D eigenvalue weighted by Crippen LogP contribution is 2.21. The summed E-state index contributed by atoms with van der Waals surface area (Å²) in [5.74, 6) is 1.14. The number of benzene rings is 1. The van der Waals surface area contributed by atoms with Crippen LogP contribution in [0.5, 0.6) is 0 Å². The van der Waals surface area contributed by atoms with Crippen LogP contribution in [0.2, 0.25) is 0 Å². The van der Waals surface area contributed by atoms with E-state index in [1.807, 2.05) is 0 Å². The molecule has 1 rings (SSSR count). The van der Waals surface area contributed by atoms with Gasteiger partial charge in [-0.15, -0.1) is 0 Å². The second-order valence-corrected chi connectivity index (χ2v) is 5.44. The molecular formula is C13H21BrN2. The van der Waals surface area contributed by atoms with Gasteiger partial charge < -0.3 is 11.1 Å². The molecule has 3 heteroatoms. The quantitative estimate of drug-likeness (QED) is 0.870. The number of nitrogens with one attached hydrogen (secondary N) is 1. The van der Waals surface area contributed by atoms with Gasteiger partial charge in [0.05, 0.1) is 0 Å². The normalized spacial score (nSPS) is 12.9. The van der Waals surface area contributed by atoms with E-state index >= 15 is 0 Å². The van der Waals surface area contributed by atoms with Crippen molar-refractivity contribution < 1.29 is 0 Å². The van der Waals surface area contributed by atoms with Gasteiger partial charge >= 0.3 is 0 Å². The molecule has 2 nitrogen and oxygen atoms in total. The minimum Gasteiger partial charge on any atom is -0.385 e. The summed E-state index contributed by atoms with van der Waals surface area (Å²) in [5.41, 5.74) is 8.15. The molecule has 1 aromatic carbocycles. The van der Waals surface area contributed by atoms with Crippen molar-refractivity contribution in [1.82, 2.24) is 0 Å². The average Bonchev–Trinajstić information content (AvgIpc) is 2.23. The predicted octanol–water partition coefficient (Wildman–Crippen LogP) is 3.40. The van der Waals surface area contributed by atoms with Gasteiger partial charge in [0.2, 0.25) is 0 Å². The Kier molecular flexibility index (Phi) is 5.29. The zero-order valence-corrected chi connectivity index (χ0v) is 11.8. The minimum absolute atomic E-state index is 0.528. The van der Waals surface area contributed by atoms with Crippen molar-refractivity contribution >= 4 is 21.6 Å². The lowest BCUT2D eigenvalue weighted by molar-refractivity contribution is 0.413. The lowest BCUT2D eigenvalue weighted by Crippen LogP contribution is -2.27. The third kappa shape index (κ3) is 3.80. The Balaban J connectivity index is 2.57. The van der Waals surface area contributed by atoms with Crippen LogP contribution in [-0.2, 0) is 0 Å². The SMILES string of the molecule is Cc1ccc(NCC(CN)C(C)C)cc1Br. The van der Waals surface area contributed by atoms with Crippen LogP contribution in [0, 0.1) is 18.8 Å². The summed E-state index contributed by atoms with van der Waals surface area (Å²) in [5, 5.41) is 3.44. The van der Waals surface area contributed by atoms with Crippen LogP contribution in [0.4, 0.5) is 5.69 Å². The van der Waals surface area contributed by atoms with Crippen LogP contribution in [0.3, 0.4) is 0 Å². The van der Waals surface area contributed by atoms with Crippen molar-refractivity contribution in [2.24, 2.45) is 17.6 Å². The number of hydrogen-bond acceptors (Lipinski definition) is 2. The van der Waals surface area contributed by atoms with Crippen molar-refractivity contribution in [1.29, 1.82) is 0 Å². The van der Waals surface area contributed by atoms with Gasteiger partial charge in [0.15, 0.2) is 0 Å². The van der Waals surface area contributed by atoms with Gasteiger partial charge in [-0.1, -0.05) is 35.8 Å². The van der Waals surface area contributed by atoms with Gasteiger partial charge in [-0.2, -0.15) is 0 Å². The van der Waals surface area contributed by atoms with Gasteiger partial charge in [0, 0.05) is 16.7 Å². The smallest absolute Gasteiger partial charge is 0.0351 e. The molecule has 0 aliphatic carbocycles. The van der Waals surface area contributed by atoms with E-state index in [0.29, 0.717) is 11.8 Å². The third-order valence-electron chi connectivity index (χ3n) is 2.99. The average molecular weight is 285 g/mol. The molecule has 0 aliphatic heterocycles. The van der Waals surface area contributed by atoms with Crippen LogP contribution in [0.15, 0.2) is 22.7 Å². The monoisotopic (exact) mass is 284 g/mol. The van der Waals surface area contributed by atoms with Crippen LogP contribution in [0.25, 0.3) is 0 Å². The van der Waals surface area contributed by atoms with Gasteiger partial charge in [0.1, 0.15) is 0 Å². The molecule has 3 N–H and O–H groups in total. The summed E-state index contributed by atoms with van der Waals surface area (Å²) >= 11 is 3.53. The fourth-order valence-electron chi connectivity index (χ4n) is 1.54. The summed E-state index contributed by atoms with van der Waals surface area (Å²) in [4.78, 5) is 0. The van der Waals surface area contributed by atoms with Crippen molar-refractivity contribution in [3.05, 3.63) is 28.2 Å². The first-order chi connectivity index (χ1) is 7.54. The largest absolute Gasteiger partial charge is 0.385 e. The Hall–Kier alpha value is -0.540. The van der Waals surface area contributed by atoms with E-state index in [1.54, 1.807) is 0 Å². The van der Waals surface area contributed by atoms with Crippen LogP contribution >= 0.6 is 15.9 Å². The molecule has 0 aromatic heterocycles. The summed E-state index contributed by atoms with van der Waals surface area (Å²) in [6, 6.07) is 6.33. The summed E-state index contributed by atoms with van der Waals surface area (Å²) in [6.45, 7) is 8.18. The molecule has 0 saturated heterocycles. The summed E-state index contributed by atoms with van der Waals surface area (Å²) in [6.07, 6.45) is 0. The standard InChI is InChI=1S/C13H21BrN2/c1-9(2)11(7-15)8-16-12-5-4-10(3)13(14)6-12/h4-6,9,11,16H,7-8,15H2,1-3H3. The molecule has 1 aromatic rings. The molecule has 0 heterocycles. The van der Waals surface area contributed by atoms with Crippen LogP contribution in [-0.4, -0.2) is 13.1 Å². The maximum atomic E-state index is 5.74. The second-order valence-electron chi connectivity index (χ2n) is 4.58. The van der Waals surface area contributed by atoms with Gasteiger partial charge in [-0.25, -0.2) is 0 Å². The second kappa shape index (κ2) is 6.26. The molecule has 0 fully saturated rings. The minimum atomic E-state index is 0.528. The number of halogens is 1. The Morgan fingerprint density at radius 1 is 1.38 bits per heavy atom.